The molecule has 1 unspecified atom stereocenters. The number of thiophene rings is 1. The molecular weight excluding hydrogens is 368 g/mol. The highest BCUT2D eigenvalue weighted by atomic mass is 79.9. The number of carbonyl (C=O) groups excluding carboxylic acids is 1. The molecule has 9 heteroatoms. The fourth-order valence-electron chi connectivity index (χ4n) is 1.96. The Morgan fingerprint density at radius 3 is 3.00 bits per heavy atom. The van der Waals surface area contributed by atoms with Gasteiger partial charge >= 0.3 is 5.97 Å². The molecule has 6 nitrogen and oxygen atoms in total. The third-order valence-corrected chi connectivity index (χ3v) is 6.67. The van der Waals surface area contributed by atoms with E-state index in [4.69, 9.17) is 0 Å². The molecule has 1 fully saturated rings. The Balaban J connectivity index is 2.12. The normalized spacial score (nSPS) is 19.2. The molecule has 0 bridgehead atoms. The molecule has 2 N–H and O–H groups in total. The zero-order valence-electron chi connectivity index (χ0n) is 10.8. The van der Waals surface area contributed by atoms with E-state index in [1.165, 1.54) is 13.2 Å². The van der Waals surface area contributed by atoms with Gasteiger partial charge in [0.15, 0.2) is 0 Å². The topological polar surface area (TPSA) is 84.5 Å². The van der Waals surface area contributed by atoms with Gasteiger partial charge in [-0.15, -0.1) is 11.3 Å². The molecule has 1 aromatic heterocycles. The summed E-state index contributed by atoms with van der Waals surface area (Å²) in [5, 5.41) is 3.22. The first kappa shape index (κ1) is 15.9. The van der Waals surface area contributed by atoms with Crippen LogP contribution < -0.4 is 10.0 Å². The van der Waals surface area contributed by atoms with Crippen molar-refractivity contribution in [2.45, 2.75) is 23.8 Å². The second-order valence-corrected chi connectivity index (χ2v) is 8.49. The maximum absolute atomic E-state index is 12.2. The largest absolute Gasteiger partial charge is 0.465 e. The van der Waals surface area contributed by atoms with Gasteiger partial charge in [-0.25, -0.2) is 17.9 Å². The predicted molar refractivity (Wildman–Crippen MR) is 79.6 cm³/mol. The lowest BCUT2D eigenvalue weighted by atomic mass is 10.2. The highest BCUT2D eigenvalue weighted by Gasteiger charge is 2.25. The van der Waals surface area contributed by atoms with Crippen LogP contribution in [0.1, 0.15) is 22.5 Å². The number of hydrogen-bond donors (Lipinski definition) is 2. The Morgan fingerprint density at radius 2 is 2.40 bits per heavy atom. The van der Waals surface area contributed by atoms with Gasteiger partial charge in [0.2, 0.25) is 10.0 Å². The molecule has 1 saturated heterocycles. The minimum absolute atomic E-state index is 0.0703. The summed E-state index contributed by atoms with van der Waals surface area (Å²) in [5.74, 6) is -0.547. The van der Waals surface area contributed by atoms with Gasteiger partial charge in [0.05, 0.1) is 10.9 Å². The van der Waals surface area contributed by atoms with Gasteiger partial charge in [-0.3, -0.25) is 0 Å². The minimum atomic E-state index is -3.63. The molecule has 0 spiro atoms. The van der Waals surface area contributed by atoms with Crippen LogP contribution in [-0.2, 0) is 14.8 Å². The van der Waals surface area contributed by atoms with Gasteiger partial charge in [-0.1, -0.05) is 0 Å². The highest BCUT2D eigenvalue weighted by molar-refractivity contribution is 9.11. The van der Waals surface area contributed by atoms with Crippen LogP contribution in [0.5, 0.6) is 0 Å². The molecule has 0 aliphatic carbocycles. The number of halogens is 1. The highest BCUT2D eigenvalue weighted by Crippen LogP contribution is 2.32. The minimum Gasteiger partial charge on any atom is -0.465 e. The lowest BCUT2D eigenvalue weighted by molar-refractivity contribution is 0.0606. The molecule has 20 heavy (non-hydrogen) atoms. The number of rotatable bonds is 5. The summed E-state index contributed by atoms with van der Waals surface area (Å²) in [6, 6.07) is 1.49. The van der Waals surface area contributed by atoms with Gasteiger partial charge in [0.1, 0.15) is 9.77 Å². The molecule has 2 rings (SSSR count). The first-order chi connectivity index (χ1) is 9.44. The molecule has 0 aromatic carbocycles. The quantitative estimate of drug-likeness (QED) is 0.750. The summed E-state index contributed by atoms with van der Waals surface area (Å²) in [7, 11) is -2.38. The first-order valence-corrected chi connectivity index (χ1v) is 9.14. The average molecular weight is 383 g/mol. The lowest BCUT2D eigenvalue weighted by Crippen LogP contribution is -2.37. The molecule has 0 saturated carbocycles. The van der Waals surface area contributed by atoms with Crippen LogP contribution in [0, 0.1) is 0 Å². The molecule has 0 amide bonds. The van der Waals surface area contributed by atoms with Crippen molar-refractivity contribution < 1.29 is 17.9 Å². The predicted octanol–water partition coefficient (Wildman–Crippen LogP) is 1.33. The van der Waals surface area contributed by atoms with Crippen LogP contribution in [0.25, 0.3) is 0 Å². The van der Waals surface area contributed by atoms with Crippen LogP contribution in [0.3, 0.4) is 0 Å². The van der Waals surface area contributed by atoms with Crippen LogP contribution in [0.15, 0.2) is 14.7 Å². The zero-order chi connectivity index (χ0) is 14.8. The van der Waals surface area contributed by atoms with Crippen molar-refractivity contribution in [2.24, 2.45) is 0 Å². The Kier molecular flexibility index (Phi) is 5.19. The summed E-state index contributed by atoms with van der Waals surface area (Å²) in [6.07, 6.45) is 2.02. The average Bonchev–Trinajstić information content (AvgIpc) is 3.05. The fourth-order valence-corrected chi connectivity index (χ4v) is 5.52. The van der Waals surface area contributed by atoms with Crippen molar-refractivity contribution in [3.63, 3.8) is 0 Å². The third-order valence-electron chi connectivity index (χ3n) is 3.01. The van der Waals surface area contributed by atoms with E-state index in [9.17, 15) is 13.2 Å². The smallest absolute Gasteiger partial charge is 0.348 e. The van der Waals surface area contributed by atoms with Crippen molar-refractivity contribution in [3.8, 4) is 0 Å². The van der Waals surface area contributed by atoms with E-state index in [1.54, 1.807) is 0 Å². The van der Waals surface area contributed by atoms with E-state index in [2.05, 4.69) is 30.7 Å². The lowest BCUT2D eigenvalue weighted by Gasteiger charge is -2.11. The molecule has 1 aliphatic rings. The van der Waals surface area contributed by atoms with Crippen molar-refractivity contribution in [1.29, 1.82) is 0 Å². The monoisotopic (exact) mass is 382 g/mol. The second-order valence-electron chi connectivity index (χ2n) is 4.39. The van der Waals surface area contributed by atoms with Crippen molar-refractivity contribution in [3.05, 3.63) is 14.7 Å². The maximum Gasteiger partial charge on any atom is 0.348 e. The van der Waals surface area contributed by atoms with E-state index in [-0.39, 0.29) is 15.8 Å². The Hall–Kier alpha value is -0.480. The number of methoxy groups -OCH3 is 1. The summed E-state index contributed by atoms with van der Waals surface area (Å²) < 4.78 is 32.0. The van der Waals surface area contributed by atoms with Gasteiger partial charge in [0.25, 0.3) is 0 Å². The van der Waals surface area contributed by atoms with Crippen LogP contribution in [0.2, 0.25) is 0 Å². The number of ether oxygens (including phenoxy) is 1. The number of hydrogen-bond acceptors (Lipinski definition) is 6. The number of esters is 1. The van der Waals surface area contributed by atoms with Gasteiger partial charge in [-0.2, -0.15) is 0 Å². The van der Waals surface area contributed by atoms with Crippen molar-refractivity contribution in [1.82, 2.24) is 10.0 Å². The van der Waals surface area contributed by atoms with E-state index in [0.717, 1.165) is 30.7 Å². The molecular formula is C11H15BrN2O4S2. The number of carbonyl (C=O) groups is 1. The van der Waals surface area contributed by atoms with Crippen LogP contribution in [0.4, 0.5) is 0 Å². The first-order valence-electron chi connectivity index (χ1n) is 6.04. The van der Waals surface area contributed by atoms with Crippen molar-refractivity contribution >= 4 is 43.3 Å². The molecule has 1 aliphatic heterocycles. The summed E-state index contributed by atoms with van der Waals surface area (Å²) in [6.45, 7) is 1.26. The van der Waals surface area contributed by atoms with Crippen LogP contribution >= 0.6 is 27.3 Å². The summed E-state index contributed by atoms with van der Waals surface area (Å²) >= 11 is 4.22. The van der Waals surface area contributed by atoms with Crippen LogP contribution in [-0.4, -0.2) is 40.6 Å². The maximum atomic E-state index is 12.2. The zero-order valence-corrected chi connectivity index (χ0v) is 14.0. The van der Waals surface area contributed by atoms with Crippen molar-refractivity contribution in [2.75, 3.05) is 20.2 Å². The third kappa shape index (κ3) is 3.59. The number of nitrogens with one attached hydrogen (secondary N) is 2. The molecule has 0 radical (unpaired) electrons. The molecule has 112 valence electrons. The second kappa shape index (κ2) is 6.52. The van der Waals surface area contributed by atoms with E-state index < -0.39 is 16.0 Å². The summed E-state index contributed by atoms with van der Waals surface area (Å²) in [4.78, 5) is 11.7. The Bertz CT molecular complexity index is 594. The van der Waals surface area contributed by atoms with Gasteiger partial charge in [0, 0.05) is 12.6 Å². The summed E-state index contributed by atoms with van der Waals surface area (Å²) in [5.41, 5.74) is 0. The molecule has 1 aromatic rings. The van der Waals surface area contributed by atoms with Gasteiger partial charge in [-0.05, 0) is 41.4 Å². The fraction of sp³-hybridized carbons (Fsp3) is 0.545. The van der Waals surface area contributed by atoms with E-state index >= 15 is 0 Å². The van der Waals surface area contributed by atoms with E-state index in [0.29, 0.717) is 10.3 Å². The standard InChI is InChI=1S/C11H15BrN2O4S2/c1-18-11(15)8-5-9(10(12)19-8)20(16,17)14-6-7-3-2-4-13-7/h5,7,13-14H,2-4,6H2,1H3. The Morgan fingerprint density at radius 1 is 1.65 bits per heavy atom. The molecule has 1 atom stereocenters. The molecule has 2 heterocycles. The SMILES string of the molecule is COC(=O)c1cc(S(=O)(=O)NCC2CCCN2)c(Br)s1. The number of sulfonamides is 1. The van der Waals surface area contributed by atoms with E-state index in [1.807, 2.05) is 0 Å². The van der Waals surface area contributed by atoms with Gasteiger partial charge < -0.3 is 10.1 Å². The Labute approximate surface area is 130 Å².